The fourth-order valence-electron chi connectivity index (χ4n) is 2.23. The summed E-state index contributed by atoms with van der Waals surface area (Å²) in [7, 11) is 1.66. The number of halogens is 1. The van der Waals surface area contributed by atoms with Crippen molar-refractivity contribution in [2.24, 2.45) is 5.92 Å². The molecule has 1 aromatic rings. The first-order valence-electron chi connectivity index (χ1n) is 5.26. The summed E-state index contributed by atoms with van der Waals surface area (Å²) < 4.78 is 18.1. The Balaban J connectivity index is 2.27. The van der Waals surface area contributed by atoms with Gasteiger partial charge >= 0.3 is 0 Å². The van der Waals surface area contributed by atoms with Crippen LogP contribution in [-0.4, -0.2) is 26.9 Å². The Labute approximate surface area is 89.4 Å². The summed E-state index contributed by atoms with van der Waals surface area (Å²) in [5.74, 6) is 1.19. The summed E-state index contributed by atoms with van der Waals surface area (Å²) in [6, 6.07) is 7.88. The van der Waals surface area contributed by atoms with E-state index in [0.717, 1.165) is 24.4 Å². The molecule has 1 fully saturated rings. The predicted octanol–water partition coefficient (Wildman–Crippen LogP) is 1.97. The highest BCUT2D eigenvalue weighted by Gasteiger charge is 2.30. The monoisotopic (exact) mass is 209 g/mol. The van der Waals surface area contributed by atoms with Gasteiger partial charge < -0.3 is 10.1 Å². The van der Waals surface area contributed by atoms with Gasteiger partial charge in [-0.2, -0.15) is 0 Å². The van der Waals surface area contributed by atoms with Crippen LogP contribution < -0.4 is 10.1 Å². The predicted molar refractivity (Wildman–Crippen MR) is 58.1 cm³/mol. The van der Waals surface area contributed by atoms with Crippen molar-refractivity contribution in [3.8, 4) is 5.75 Å². The van der Waals surface area contributed by atoms with Gasteiger partial charge in [0.05, 0.1) is 13.8 Å². The van der Waals surface area contributed by atoms with Gasteiger partial charge in [0.25, 0.3) is 0 Å². The minimum atomic E-state index is -0.268. The maximum atomic E-state index is 12.8. The number of ether oxygens (including phenoxy) is 1. The maximum Gasteiger partial charge on any atom is 0.122 e. The lowest BCUT2D eigenvalue weighted by Crippen LogP contribution is -2.13. The van der Waals surface area contributed by atoms with E-state index in [1.807, 2.05) is 24.3 Å². The zero-order valence-electron chi connectivity index (χ0n) is 8.87. The summed E-state index contributed by atoms with van der Waals surface area (Å²) in [5.41, 5.74) is 1.12. The molecule has 0 radical (unpaired) electrons. The molecule has 1 N–H and O–H groups in total. The van der Waals surface area contributed by atoms with Crippen LogP contribution in [0.15, 0.2) is 24.3 Å². The first-order valence-corrected chi connectivity index (χ1v) is 5.26. The molecule has 1 aliphatic heterocycles. The van der Waals surface area contributed by atoms with Crippen LogP contribution in [-0.2, 0) is 0 Å². The number of hydrogen-bond acceptors (Lipinski definition) is 2. The first kappa shape index (κ1) is 10.4. The Kier molecular flexibility index (Phi) is 3.21. The summed E-state index contributed by atoms with van der Waals surface area (Å²) in [6.07, 6.45) is 0. The Hall–Kier alpha value is -1.09. The topological polar surface area (TPSA) is 21.3 Å². The lowest BCUT2D eigenvalue weighted by molar-refractivity contribution is 0.348. The molecule has 1 saturated heterocycles. The highest BCUT2D eigenvalue weighted by molar-refractivity contribution is 5.37. The van der Waals surface area contributed by atoms with E-state index in [2.05, 4.69) is 5.32 Å². The number of benzene rings is 1. The molecule has 0 spiro atoms. The average molecular weight is 209 g/mol. The van der Waals surface area contributed by atoms with Crippen molar-refractivity contribution in [2.75, 3.05) is 26.9 Å². The molecule has 0 bridgehead atoms. The second kappa shape index (κ2) is 4.62. The van der Waals surface area contributed by atoms with E-state index in [-0.39, 0.29) is 18.5 Å². The molecule has 1 aliphatic rings. The van der Waals surface area contributed by atoms with E-state index in [0.29, 0.717) is 0 Å². The Morgan fingerprint density at radius 1 is 1.40 bits per heavy atom. The number of alkyl halides is 1. The number of nitrogens with one attached hydrogen (secondary N) is 1. The maximum absolute atomic E-state index is 12.8. The third-order valence-electron chi connectivity index (χ3n) is 3.08. The highest BCUT2D eigenvalue weighted by atomic mass is 19.1. The van der Waals surface area contributed by atoms with Crippen LogP contribution in [0.1, 0.15) is 11.5 Å². The molecular formula is C12H16FNO. The molecule has 0 aliphatic carbocycles. The van der Waals surface area contributed by atoms with Crippen LogP contribution in [0.3, 0.4) is 0 Å². The van der Waals surface area contributed by atoms with E-state index >= 15 is 0 Å². The van der Waals surface area contributed by atoms with Gasteiger partial charge in [-0.25, -0.2) is 0 Å². The first-order chi connectivity index (χ1) is 7.36. The van der Waals surface area contributed by atoms with Crippen molar-refractivity contribution in [2.45, 2.75) is 5.92 Å². The van der Waals surface area contributed by atoms with Gasteiger partial charge in [-0.05, 0) is 11.6 Å². The molecule has 2 atom stereocenters. The molecule has 15 heavy (non-hydrogen) atoms. The van der Waals surface area contributed by atoms with Crippen LogP contribution in [0, 0.1) is 5.92 Å². The van der Waals surface area contributed by atoms with E-state index in [1.165, 1.54) is 0 Å². The molecule has 0 amide bonds. The molecule has 0 saturated carbocycles. The Morgan fingerprint density at radius 2 is 2.20 bits per heavy atom. The number of hydrogen-bond donors (Lipinski definition) is 1. The fourth-order valence-corrected chi connectivity index (χ4v) is 2.23. The second-order valence-corrected chi connectivity index (χ2v) is 3.92. The van der Waals surface area contributed by atoms with Crippen molar-refractivity contribution < 1.29 is 9.13 Å². The highest BCUT2D eigenvalue weighted by Crippen LogP contribution is 2.34. The van der Waals surface area contributed by atoms with Crippen molar-refractivity contribution >= 4 is 0 Å². The number of rotatable bonds is 3. The second-order valence-electron chi connectivity index (χ2n) is 3.92. The molecule has 2 rings (SSSR count). The summed E-state index contributed by atoms with van der Waals surface area (Å²) in [4.78, 5) is 0. The van der Waals surface area contributed by atoms with E-state index in [1.54, 1.807) is 7.11 Å². The third kappa shape index (κ3) is 1.97. The van der Waals surface area contributed by atoms with Crippen LogP contribution in [0.4, 0.5) is 4.39 Å². The number of para-hydroxylation sites is 1. The number of methoxy groups -OCH3 is 1. The minimum Gasteiger partial charge on any atom is -0.496 e. The fraction of sp³-hybridized carbons (Fsp3) is 0.500. The summed E-state index contributed by atoms with van der Waals surface area (Å²) >= 11 is 0. The lowest BCUT2D eigenvalue weighted by atomic mass is 9.89. The summed E-state index contributed by atoms with van der Waals surface area (Å²) in [5, 5.41) is 3.23. The molecule has 0 aromatic heterocycles. The molecule has 1 aromatic carbocycles. The van der Waals surface area contributed by atoms with E-state index in [4.69, 9.17) is 4.74 Å². The SMILES string of the molecule is COc1ccccc1[C@H]1CNC[C@H]1CF. The van der Waals surface area contributed by atoms with Gasteiger partial charge in [0.1, 0.15) is 5.75 Å². The van der Waals surface area contributed by atoms with Crippen LogP contribution >= 0.6 is 0 Å². The van der Waals surface area contributed by atoms with Crippen molar-refractivity contribution in [3.05, 3.63) is 29.8 Å². The molecule has 0 unspecified atom stereocenters. The lowest BCUT2D eigenvalue weighted by Gasteiger charge is -2.18. The van der Waals surface area contributed by atoms with Gasteiger partial charge in [0.15, 0.2) is 0 Å². The van der Waals surface area contributed by atoms with E-state index in [9.17, 15) is 4.39 Å². The average Bonchev–Trinajstić information content (AvgIpc) is 2.76. The molecule has 82 valence electrons. The van der Waals surface area contributed by atoms with Crippen molar-refractivity contribution in [3.63, 3.8) is 0 Å². The van der Waals surface area contributed by atoms with Crippen LogP contribution in [0.2, 0.25) is 0 Å². The van der Waals surface area contributed by atoms with Crippen molar-refractivity contribution in [1.29, 1.82) is 0 Å². The third-order valence-corrected chi connectivity index (χ3v) is 3.08. The Bertz CT molecular complexity index is 329. The van der Waals surface area contributed by atoms with Gasteiger partial charge in [-0.3, -0.25) is 4.39 Å². The molecular weight excluding hydrogens is 193 g/mol. The van der Waals surface area contributed by atoms with Gasteiger partial charge in [0, 0.05) is 24.9 Å². The quantitative estimate of drug-likeness (QED) is 0.821. The van der Waals surface area contributed by atoms with Crippen LogP contribution in [0.25, 0.3) is 0 Å². The molecule has 2 nitrogen and oxygen atoms in total. The molecule has 1 heterocycles. The normalized spacial score (nSPS) is 25.5. The minimum absolute atomic E-state index is 0.0845. The van der Waals surface area contributed by atoms with Gasteiger partial charge in [0.2, 0.25) is 0 Å². The zero-order valence-corrected chi connectivity index (χ0v) is 8.87. The van der Waals surface area contributed by atoms with E-state index < -0.39 is 0 Å². The van der Waals surface area contributed by atoms with Gasteiger partial charge in [-0.15, -0.1) is 0 Å². The molecule has 3 heteroatoms. The largest absolute Gasteiger partial charge is 0.496 e. The van der Waals surface area contributed by atoms with Crippen LogP contribution in [0.5, 0.6) is 5.75 Å². The Morgan fingerprint density at radius 3 is 2.93 bits per heavy atom. The zero-order chi connectivity index (χ0) is 10.7. The standard InChI is InChI=1S/C12H16FNO/c1-15-12-5-3-2-4-10(12)11-8-14-7-9(11)6-13/h2-5,9,11,14H,6-8H2,1H3/t9-,11+/m1/s1. The van der Waals surface area contributed by atoms with Crippen molar-refractivity contribution in [1.82, 2.24) is 5.32 Å². The van der Waals surface area contributed by atoms with Gasteiger partial charge in [-0.1, -0.05) is 18.2 Å². The smallest absolute Gasteiger partial charge is 0.122 e. The summed E-state index contributed by atoms with van der Waals surface area (Å²) in [6.45, 7) is 1.34.